The SMILES string of the molecule is CC[C@H]1C(=O)N(C)c2cnc(CCc3cnn(Cc4cc(F)c(F)c(F)c4)c3)nc2N1CC. The molecule has 7 nitrogen and oxygen atoms in total. The summed E-state index contributed by atoms with van der Waals surface area (Å²) in [7, 11) is 1.74. The Bertz CT molecular complexity index is 1160. The summed E-state index contributed by atoms with van der Waals surface area (Å²) in [5, 5.41) is 4.23. The van der Waals surface area contributed by atoms with E-state index in [0.717, 1.165) is 23.5 Å². The van der Waals surface area contributed by atoms with E-state index in [0.29, 0.717) is 37.3 Å². The molecule has 4 rings (SSSR count). The molecule has 1 atom stereocenters. The molecular formula is C23H25F3N6O. The zero-order chi connectivity index (χ0) is 23.7. The third kappa shape index (κ3) is 4.42. The number of rotatable bonds is 7. The van der Waals surface area contributed by atoms with Gasteiger partial charge in [0.2, 0.25) is 5.91 Å². The molecule has 0 saturated heterocycles. The van der Waals surface area contributed by atoms with Gasteiger partial charge in [-0.05, 0) is 43.0 Å². The fraction of sp³-hybridized carbons (Fsp3) is 0.391. The highest BCUT2D eigenvalue weighted by atomic mass is 19.2. The number of carbonyl (C=O) groups excluding carboxylic acids is 1. The highest BCUT2D eigenvalue weighted by molar-refractivity contribution is 6.04. The van der Waals surface area contributed by atoms with Crippen LogP contribution in [0.3, 0.4) is 0 Å². The molecule has 3 aromatic rings. The quantitative estimate of drug-likeness (QED) is 0.507. The van der Waals surface area contributed by atoms with Crippen LogP contribution in [0.25, 0.3) is 0 Å². The Labute approximate surface area is 189 Å². The predicted octanol–water partition coefficient (Wildman–Crippen LogP) is 3.51. The number of nitrogens with zero attached hydrogens (tertiary/aromatic N) is 6. The highest BCUT2D eigenvalue weighted by Gasteiger charge is 2.36. The predicted molar refractivity (Wildman–Crippen MR) is 118 cm³/mol. The molecule has 0 aliphatic carbocycles. The number of likely N-dealkylation sites (N-methyl/N-ethyl adjacent to an activating group) is 2. The summed E-state index contributed by atoms with van der Waals surface area (Å²) >= 11 is 0. The Morgan fingerprint density at radius 2 is 1.76 bits per heavy atom. The van der Waals surface area contributed by atoms with Gasteiger partial charge in [-0.1, -0.05) is 6.92 Å². The van der Waals surface area contributed by atoms with E-state index in [1.165, 1.54) is 0 Å². The second-order valence-electron chi connectivity index (χ2n) is 8.02. The second-order valence-corrected chi connectivity index (χ2v) is 8.02. The van der Waals surface area contributed by atoms with Crippen molar-refractivity contribution in [2.75, 3.05) is 23.4 Å². The lowest BCUT2D eigenvalue weighted by atomic mass is 10.1. The molecule has 1 aliphatic heterocycles. The van der Waals surface area contributed by atoms with Gasteiger partial charge >= 0.3 is 0 Å². The maximum absolute atomic E-state index is 13.4. The topological polar surface area (TPSA) is 67.2 Å². The molecule has 33 heavy (non-hydrogen) atoms. The van der Waals surface area contributed by atoms with Crippen molar-refractivity contribution in [3.63, 3.8) is 0 Å². The van der Waals surface area contributed by atoms with E-state index in [4.69, 9.17) is 4.98 Å². The van der Waals surface area contributed by atoms with Crippen LogP contribution in [-0.2, 0) is 24.2 Å². The van der Waals surface area contributed by atoms with Gasteiger partial charge in [-0.15, -0.1) is 0 Å². The minimum absolute atomic E-state index is 0.0385. The van der Waals surface area contributed by atoms with E-state index in [1.54, 1.807) is 35.2 Å². The van der Waals surface area contributed by atoms with Gasteiger partial charge in [0.15, 0.2) is 23.3 Å². The Hall–Kier alpha value is -3.43. The lowest BCUT2D eigenvalue weighted by Gasteiger charge is -2.39. The van der Waals surface area contributed by atoms with Gasteiger partial charge < -0.3 is 9.80 Å². The lowest BCUT2D eigenvalue weighted by Crippen LogP contribution is -2.52. The normalized spacial score (nSPS) is 15.8. The van der Waals surface area contributed by atoms with Crippen molar-refractivity contribution >= 4 is 17.4 Å². The van der Waals surface area contributed by atoms with Gasteiger partial charge in [-0.3, -0.25) is 9.48 Å². The van der Waals surface area contributed by atoms with Gasteiger partial charge in [-0.25, -0.2) is 23.1 Å². The average molecular weight is 458 g/mol. The number of fused-ring (bicyclic) bond motifs is 1. The van der Waals surface area contributed by atoms with Crippen LogP contribution in [0.15, 0.2) is 30.7 Å². The molecule has 0 N–H and O–H groups in total. The van der Waals surface area contributed by atoms with Crippen LogP contribution >= 0.6 is 0 Å². The minimum atomic E-state index is -1.48. The van der Waals surface area contributed by atoms with Crippen molar-refractivity contribution in [3.8, 4) is 0 Å². The van der Waals surface area contributed by atoms with Crippen molar-refractivity contribution in [1.29, 1.82) is 0 Å². The maximum Gasteiger partial charge on any atom is 0.249 e. The fourth-order valence-electron chi connectivity index (χ4n) is 4.12. The molecule has 0 radical (unpaired) electrons. The van der Waals surface area contributed by atoms with Crippen LogP contribution in [0.4, 0.5) is 24.7 Å². The molecule has 10 heteroatoms. The van der Waals surface area contributed by atoms with Crippen LogP contribution in [0.1, 0.15) is 37.2 Å². The van der Waals surface area contributed by atoms with E-state index < -0.39 is 17.5 Å². The smallest absolute Gasteiger partial charge is 0.249 e. The monoisotopic (exact) mass is 458 g/mol. The molecular weight excluding hydrogens is 433 g/mol. The Balaban J connectivity index is 1.46. The summed E-state index contributed by atoms with van der Waals surface area (Å²) < 4.78 is 41.6. The van der Waals surface area contributed by atoms with Gasteiger partial charge in [0.05, 0.1) is 18.9 Å². The summed E-state index contributed by atoms with van der Waals surface area (Å²) in [4.78, 5) is 25.4. The average Bonchev–Trinajstić information content (AvgIpc) is 3.25. The Morgan fingerprint density at radius 1 is 1.03 bits per heavy atom. The zero-order valence-electron chi connectivity index (χ0n) is 18.7. The second kappa shape index (κ2) is 9.21. The molecule has 3 heterocycles. The molecule has 1 aromatic carbocycles. The number of amides is 1. The molecule has 1 amide bonds. The van der Waals surface area contributed by atoms with Gasteiger partial charge in [-0.2, -0.15) is 5.10 Å². The summed E-state index contributed by atoms with van der Waals surface area (Å²) in [5.41, 5.74) is 1.88. The number of hydrogen-bond acceptors (Lipinski definition) is 5. The minimum Gasteiger partial charge on any atom is -0.343 e. The third-order valence-corrected chi connectivity index (χ3v) is 5.86. The van der Waals surface area contributed by atoms with Crippen LogP contribution < -0.4 is 9.80 Å². The maximum atomic E-state index is 13.4. The van der Waals surface area contributed by atoms with Crippen molar-refractivity contribution in [2.24, 2.45) is 0 Å². The largest absolute Gasteiger partial charge is 0.343 e. The molecule has 2 aromatic heterocycles. The van der Waals surface area contributed by atoms with E-state index >= 15 is 0 Å². The highest BCUT2D eigenvalue weighted by Crippen LogP contribution is 2.33. The summed E-state index contributed by atoms with van der Waals surface area (Å²) in [6.07, 6.45) is 7.00. The Kier molecular flexibility index (Phi) is 6.35. The number of benzene rings is 1. The van der Waals surface area contributed by atoms with Crippen molar-refractivity contribution < 1.29 is 18.0 Å². The zero-order valence-corrected chi connectivity index (χ0v) is 18.7. The first-order chi connectivity index (χ1) is 15.8. The van der Waals surface area contributed by atoms with Gasteiger partial charge in [0.1, 0.15) is 17.6 Å². The molecule has 0 bridgehead atoms. The van der Waals surface area contributed by atoms with Crippen LogP contribution in [0.2, 0.25) is 0 Å². The van der Waals surface area contributed by atoms with E-state index in [2.05, 4.69) is 10.1 Å². The van der Waals surface area contributed by atoms with Crippen LogP contribution in [-0.4, -0.2) is 45.3 Å². The number of carbonyl (C=O) groups is 1. The van der Waals surface area contributed by atoms with Crippen molar-refractivity contribution in [2.45, 2.75) is 45.7 Å². The molecule has 174 valence electrons. The summed E-state index contributed by atoms with van der Waals surface area (Å²) in [6.45, 7) is 4.77. The van der Waals surface area contributed by atoms with E-state index in [1.807, 2.05) is 18.7 Å². The fourth-order valence-corrected chi connectivity index (χ4v) is 4.12. The van der Waals surface area contributed by atoms with Crippen LogP contribution in [0.5, 0.6) is 0 Å². The van der Waals surface area contributed by atoms with E-state index in [-0.39, 0.29) is 24.1 Å². The lowest BCUT2D eigenvalue weighted by molar-refractivity contribution is -0.120. The first-order valence-electron chi connectivity index (χ1n) is 10.9. The molecule has 0 spiro atoms. The van der Waals surface area contributed by atoms with Gasteiger partial charge in [0.25, 0.3) is 0 Å². The summed E-state index contributed by atoms with van der Waals surface area (Å²) in [5.74, 6) is -2.47. The number of aromatic nitrogens is 4. The first-order valence-corrected chi connectivity index (χ1v) is 10.9. The Morgan fingerprint density at radius 3 is 2.42 bits per heavy atom. The number of hydrogen-bond donors (Lipinski definition) is 0. The molecule has 1 aliphatic rings. The number of halogens is 3. The van der Waals surface area contributed by atoms with Gasteiger partial charge in [0, 0.05) is 26.2 Å². The molecule has 0 fully saturated rings. The molecule has 0 unspecified atom stereocenters. The van der Waals surface area contributed by atoms with Crippen molar-refractivity contribution in [3.05, 3.63) is 65.1 Å². The van der Waals surface area contributed by atoms with Crippen molar-refractivity contribution in [1.82, 2.24) is 19.7 Å². The number of aryl methyl sites for hydroxylation is 2. The summed E-state index contributed by atoms with van der Waals surface area (Å²) in [6, 6.07) is 1.69. The first kappa shape index (κ1) is 22.8. The van der Waals surface area contributed by atoms with E-state index in [9.17, 15) is 18.0 Å². The number of anilines is 2. The third-order valence-electron chi connectivity index (χ3n) is 5.86. The molecule has 0 saturated carbocycles. The standard InChI is InChI=1S/C23H25F3N6O/c1-4-18-23(33)30(3)19-11-27-20(29-22(19)32(18)5-2)7-6-14-10-28-31(12-14)13-15-8-16(24)21(26)17(25)9-15/h8-12,18H,4-7,13H2,1-3H3/t18-/m0/s1. The van der Waals surface area contributed by atoms with Crippen LogP contribution in [0, 0.1) is 17.5 Å².